The lowest BCUT2D eigenvalue weighted by Gasteiger charge is -2.29. The number of carboxylic acids is 1. The van der Waals surface area contributed by atoms with E-state index in [9.17, 15) is 9.59 Å². The van der Waals surface area contributed by atoms with Crippen LogP contribution < -0.4 is 5.32 Å². The number of carbonyl (C=O) groups excluding carboxylic acids is 1. The van der Waals surface area contributed by atoms with Gasteiger partial charge in [0, 0.05) is 12.6 Å². The summed E-state index contributed by atoms with van der Waals surface area (Å²) in [5.74, 6) is -0.945. The molecule has 0 aliphatic rings. The van der Waals surface area contributed by atoms with E-state index in [0.29, 0.717) is 6.54 Å². The molecule has 0 spiro atoms. The summed E-state index contributed by atoms with van der Waals surface area (Å²) in [5, 5.41) is 11.5. The highest BCUT2D eigenvalue weighted by Crippen LogP contribution is 2.06. The van der Waals surface area contributed by atoms with Crippen LogP contribution in [0.4, 0.5) is 0 Å². The molecule has 0 aromatic carbocycles. The molecule has 15 heavy (non-hydrogen) atoms. The third-order valence-corrected chi connectivity index (χ3v) is 2.43. The van der Waals surface area contributed by atoms with Crippen molar-refractivity contribution in [2.45, 2.75) is 39.3 Å². The summed E-state index contributed by atoms with van der Waals surface area (Å²) in [7, 11) is 1.71. The number of rotatable bonds is 6. The Kier molecular flexibility index (Phi) is 5.93. The molecule has 0 aromatic heterocycles. The van der Waals surface area contributed by atoms with Crippen molar-refractivity contribution >= 4 is 11.9 Å². The van der Waals surface area contributed by atoms with Crippen LogP contribution in [0.25, 0.3) is 0 Å². The molecule has 5 nitrogen and oxygen atoms in total. The van der Waals surface area contributed by atoms with Crippen LogP contribution in [0.2, 0.25) is 0 Å². The first-order valence-electron chi connectivity index (χ1n) is 5.13. The van der Waals surface area contributed by atoms with E-state index in [4.69, 9.17) is 5.11 Å². The molecule has 1 amide bonds. The number of hydrogen-bond donors (Lipinski definition) is 2. The van der Waals surface area contributed by atoms with E-state index < -0.39 is 5.97 Å². The van der Waals surface area contributed by atoms with Gasteiger partial charge in [-0.25, -0.2) is 0 Å². The van der Waals surface area contributed by atoms with Crippen molar-refractivity contribution in [1.82, 2.24) is 10.2 Å². The Morgan fingerprint density at radius 3 is 2.27 bits per heavy atom. The van der Waals surface area contributed by atoms with E-state index in [0.717, 1.165) is 0 Å². The number of amides is 1. The molecular formula is C10H20N2O3. The molecular weight excluding hydrogens is 196 g/mol. The van der Waals surface area contributed by atoms with Crippen LogP contribution in [0.15, 0.2) is 0 Å². The van der Waals surface area contributed by atoms with Crippen molar-refractivity contribution in [3.05, 3.63) is 0 Å². The summed E-state index contributed by atoms with van der Waals surface area (Å²) in [6.07, 6.45) is -0.0178. The minimum atomic E-state index is -0.883. The lowest BCUT2D eigenvalue weighted by molar-refractivity contribution is -0.141. The van der Waals surface area contributed by atoms with Crippen molar-refractivity contribution in [2.24, 2.45) is 0 Å². The molecule has 2 N–H and O–H groups in total. The zero-order valence-electron chi connectivity index (χ0n) is 9.78. The van der Waals surface area contributed by atoms with Crippen molar-refractivity contribution in [2.75, 3.05) is 13.6 Å². The van der Waals surface area contributed by atoms with Crippen LogP contribution in [0.5, 0.6) is 0 Å². The van der Waals surface area contributed by atoms with Crippen LogP contribution >= 0.6 is 0 Å². The fraction of sp³-hybridized carbons (Fsp3) is 0.800. The smallest absolute Gasteiger partial charge is 0.305 e. The quantitative estimate of drug-likeness (QED) is 0.670. The molecule has 88 valence electrons. The monoisotopic (exact) mass is 216 g/mol. The standard InChI is InChI=1S/C10H20N2O3/c1-5-12(7(2)6-9(13)14)10(15)8(3)11-4/h7-8,11H,5-6H2,1-4H3,(H,13,14). The zero-order chi connectivity index (χ0) is 12.0. The molecule has 0 aliphatic heterocycles. The average molecular weight is 216 g/mol. The highest BCUT2D eigenvalue weighted by Gasteiger charge is 2.23. The largest absolute Gasteiger partial charge is 0.481 e. The second-order valence-electron chi connectivity index (χ2n) is 3.58. The molecule has 2 unspecified atom stereocenters. The van der Waals surface area contributed by atoms with Crippen molar-refractivity contribution in [1.29, 1.82) is 0 Å². The SMILES string of the molecule is CCN(C(=O)C(C)NC)C(C)CC(=O)O. The molecule has 2 atom stereocenters. The molecule has 0 heterocycles. The van der Waals surface area contributed by atoms with E-state index >= 15 is 0 Å². The summed E-state index contributed by atoms with van der Waals surface area (Å²) in [5.41, 5.74) is 0. The van der Waals surface area contributed by atoms with Crippen molar-refractivity contribution in [3.8, 4) is 0 Å². The topological polar surface area (TPSA) is 69.6 Å². The first-order chi connectivity index (χ1) is 6.93. The zero-order valence-corrected chi connectivity index (χ0v) is 9.78. The fourth-order valence-corrected chi connectivity index (χ4v) is 1.42. The van der Waals surface area contributed by atoms with Gasteiger partial charge < -0.3 is 15.3 Å². The summed E-state index contributed by atoms with van der Waals surface area (Å²) < 4.78 is 0. The maximum absolute atomic E-state index is 11.8. The molecule has 0 aromatic rings. The van der Waals surface area contributed by atoms with Gasteiger partial charge in [-0.2, -0.15) is 0 Å². The molecule has 0 radical (unpaired) electrons. The Morgan fingerprint density at radius 2 is 1.93 bits per heavy atom. The van der Waals surface area contributed by atoms with Gasteiger partial charge >= 0.3 is 5.97 Å². The van der Waals surface area contributed by atoms with E-state index in [1.54, 1.807) is 25.8 Å². The predicted octanol–water partition coefficient (Wildman–Crippen LogP) is 0.306. The van der Waals surface area contributed by atoms with Gasteiger partial charge in [-0.1, -0.05) is 0 Å². The number of likely N-dealkylation sites (N-methyl/N-ethyl adjacent to an activating group) is 2. The Labute approximate surface area is 90.5 Å². The van der Waals surface area contributed by atoms with Crippen LogP contribution in [-0.2, 0) is 9.59 Å². The summed E-state index contributed by atoms with van der Waals surface area (Å²) in [4.78, 5) is 23.9. The Hall–Kier alpha value is -1.10. The van der Waals surface area contributed by atoms with Gasteiger partial charge in [0.1, 0.15) is 0 Å². The Morgan fingerprint density at radius 1 is 1.40 bits per heavy atom. The average Bonchev–Trinajstić information content (AvgIpc) is 2.16. The minimum absolute atomic E-state index is 0.0178. The number of carboxylic acid groups (broad SMARTS) is 1. The van der Waals surface area contributed by atoms with Crippen LogP contribution in [-0.4, -0.2) is 47.6 Å². The lowest BCUT2D eigenvalue weighted by atomic mass is 10.1. The molecule has 0 rings (SSSR count). The third kappa shape index (κ3) is 4.29. The summed E-state index contributed by atoms with van der Waals surface area (Å²) in [6, 6.07) is -0.544. The van der Waals surface area contributed by atoms with E-state index in [-0.39, 0.29) is 24.4 Å². The molecule has 0 saturated carbocycles. The van der Waals surface area contributed by atoms with Gasteiger partial charge in [-0.05, 0) is 27.8 Å². The van der Waals surface area contributed by atoms with E-state index in [2.05, 4.69) is 5.32 Å². The second kappa shape index (κ2) is 6.40. The first-order valence-corrected chi connectivity index (χ1v) is 5.13. The number of hydrogen-bond acceptors (Lipinski definition) is 3. The van der Waals surface area contributed by atoms with Crippen LogP contribution in [0, 0.1) is 0 Å². The third-order valence-electron chi connectivity index (χ3n) is 2.43. The number of aliphatic carboxylic acids is 1. The predicted molar refractivity (Wildman–Crippen MR) is 57.6 cm³/mol. The molecule has 0 aliphatic carbocycles. The van der Waals surface area contributed by atoms with Crippen molar-refractivity contribution < 1.29 is 14.7 Å². The Balaban J connectivity index is 4.46. The van der Waals surface area contributed by atoms with Gasteiger partial charge in [0.05, 0.1) is 12.5 Å². The lowest BCUT2D eigenvalue weighted by Crippen LogP contribution is -2.48. The minimum Gasteiger partial charge on any atom is -0.481 e. The Bertz CT molecular complexity index is 231. The summed E-state index contributed by atoms with van der Waals surface area (Å²) >= 11 is 0. The highest BCUT2D eigenvalue weighted by molar-refractivity contribution is 5.82. The number of carbonyl (C=O) groups is 2. The maximum atomic E-state index is 11.8. The van der Waals surface area contributed by atoms with Crippen molar-refractivity contribution in [3.63, 3.8) is 0 Å². The van der Waals surface area contributed by atoms with Gasteiger partial charge in [-0.15, -0.1) is 0 Å². The number of nitrogens with zero attached hydrogens (tertiary/aromatic N) is 1. The van der Waals surface area contributed by atoms with Crippen LogP contribution in [0.3, 0.4) is 0 Å². The van der Waals surface area contributed by atoms with E-state index in [1.165, 1.54) is 0 Å². The first kappa shape index (κ1) is 13.9. The molecule has 0 fully saturated rings. The van der Waals surface area contributed by atoms with Gasteiger partial charge in [-0.3, -0.25) is 9.59 Å². The van der Waals surface area contributed by atoms with Gasteiger partial charge in [0.25, 0.3) is 0 Å². The second-order valence-corrected chi connectivity index (χ2v) is 3.58. The van der Waals surface area contributed by atoms with Gasteiger partial charge in [0.2, 0.25) is 5.91 Å². The van der Waals surface area contributed by atoms with Crippen LogP contribution in [0.1, 0.15) is 27.2 Å². The van der Waals surface area contributed by atoms with E-state index in [1.807, 2.05) is 6.92 Å². The molecule has 5 heteroatoms. The maximum Gasteiger partial charge on any atom is 0.305 e. The summed E-state index contributed by atoms with van der Waals surface area (Å²) in [6.45, 7) is 5.88. The molecule has 0 bridgehead atoms. The van der Waals surface area contributed by atoms with Gasteiger partial charge in [0.15, 0.2) is 0 Å². The fourth-order valence-electron chi connectivity index (χ4n) is 1.42. The highest BCUT2D eigenvalue weighted by atomic mass is 16.4. The normalized spacial score (nSPS) is 14.4. The molecule has 0 saturated heterocycles. The number of nitrogens with one attached hydrogen (secondary N) is 1.